The molecule has 1 rings (SSSR count). The summed E-state index contributed by atoms with van der Waals surface area (Å²) in [6.07, 6.45) is 0. The van der Waals surface area contributed by atoms with Gasteiger partial charge in [-0.05, 0) is 12.1 Å². The predicted octanol–water partition coefficient (Wildman–Crippen LogP) is -1.03. The van der Waals surface area contributed by atoms with Gasteiger partial charge in [0, 0.05) is 18.7 Å². The van der Waals surface area contributed by atoms with E-state index in [-0.39, 0.29) is 37.7 Å². The Morgan fingerprint density at radius 1 is 1.15 bits per heavy atom. The molecule has 4 N–H and O–H groups in total. The van der Waals surface area contributed by atoms with E-state index in [4.69, 9.17) is 15.9 Å². The average Bonchev–Trinajstić information content (AvgIpc) is 2.45. The van der Waals surface area contributed by atoms with Crippen molar-refractivity contribution in [3.8, 4) is 11.8 Å². The van der Waals surface area contributed by atoms with Crippen molar-refractivity contribution in [2.75, 3.05) is 32.8 Å². The lowest BCUT2D eigenvalue weighted by Gasteiger charge is -2.20. The fraction of sp³-hybridized carbons (Fsp3) is 0.385. The van der Waals surface area contributed by atoms with Crippen LogP contribution < -0.4 is 5.73 Å². The molecule has 1 aromatic rings. The SMILES string of the molecule is NCC#Cc1ccccc1S(=O)(=O)N(CCO)CCO. The summed E-state index contributed by atoms with van der Waals surface area (Å²) in [5, 5.41) is 17.9. The topological polar surface area (TPSA) is 104 Å². The van der Waals surface area contributed by atoms with Gasteiger partial charge in [-0.1, -0.05) is 24.0 Å². The van der Waals surface area contributed by atoms with Crippen molar-refractivity contribution in [2.24, 2.45) is 5.73 Å². The van der Waals surface area contributed by atoms with Crippen LogP contribution in [0.5, 0.6) is 0 Å². The van der Waals surface area contributed by atoms with Crippen LogP contribution >= 0.6 is 0 Å². The highest BCUT2D eigenvalue weighted by atomic mass is 32.2. The summed E-state index contributed by atoms with van der Waals surface area (Å²) in [5.74, 6) is 5.33. The fourth-order valence-corrected chi connectivity index (χ4v) is 3.23. The molecule has 0 amide bonds. The molecular formula is C13H18N2O4S. The molecule has 1 aromatic carbocycles. The van der Waals surface area contributed by atoms with E-state index in [9.17, 15) is 8.42 Å². The number of benzene rings is 1. The van der Waals surface area contributed by atoms with Crippen molar-refractivity contribution in [2.45, 2.75) is 4.90 Å². The summed E-state index contributed by atoms with van der Waals surface area (Å²) in [4.78, 5) is 0.0443. The van der Waals surface area contributed by atoms with Crippen LogP contribution in [0.2, 0.25) is 0 Å². The molecule has 0 aliphatic rings. The van der Waals surface area contributed by atoms with Crippen molar-refractivity contribution in [1.29, 1.82) is 0 Å². The first kappa shape index (κ1) is 16.6. The van der Waals surface area contributed by atoms with Crippen LogP contribution in [0, 0.1) is 11.8 Å². The van der Waals surface area contributed by atoms with E-state index in [0.29, 0.717) is 5.56 Å². The van der Waals surface area contributed by atoms with E-state index in [1.807, 2.05) is 0 Å². The molecule has 110 valence electrons. The van der Waals surface area contributed by atoms with Crippen LogP contribution in [-0.4, -0.2) is 55.8 Å². The van der Waals surface area contributed by atoms with E-state index in [0.717, 1.165) is 4.31 Å². The van der Waals surface area contributed by atoms with Gasteiger partial charge in [-0.2, -0.15) is 4.31 Å². The van der Waals surface area contributed by atoms with Crippen molar-refractivity contribution < 1.29 is 18.6 Å². The van der Waals surface area contributed by atoms with Gasteiger partial charge in [0.05, 0.1) is 24.7 Å². The average molecular weight is 298 g/mol. The molecule has 0 saturated carbocycles. The first-order valence-electron chi connectivity index (χ1n) is 6.07. The number of rotatable bonds is 6. The lowest BCUT2D eigenvalue weighted by atomic mass is 10.2. The van der Waals surface area contributed by atoms with E-state index < -0.39 is 10.0 Å². The van der Waals surface area contributed by atoms with E-state index in [1.165, 1.54) is 6.07 Å². The Morgan fingerprint density at radius 2 is 1.75 bits per heavy atom. The maximum Gasteiger partial charge on any atom is 0.244 e. The summed E-state index contributed by atoms with van der Waals surface area (Å²) in [6, 6.07) is 6.31. The summed E-state index contributed by atoms with van der Waals surface area (Å²) in [5.41, 5.74) is 5.64. The molecule has 0 radical (unpaired) electrons. The molecule has 0 saturated heterocycles. The summed E-state index contributed by atoms with van der Waals surface area (Å²) >= 11 is 0. The molecule has 0 aliphatic heterocycles. The number of nitrogens with zero attached hydrogens (tertiary/aromatic N) is 1. The monoisotopic (exact) mass is 298 g/mol. The lowest BCUT2D eigenvalue weighted by Crippen LogP contribution is -2.36. The Balaban J connectivity index is 3.26. The van der Waals surface area contributed by atoms with E-state index >= 15 is 0 Å². The van der Waals surface area contributed by atoms with Crippen molar-refractivity contribution >= 4 is 10.0 Å². The fourth-order valence-electron chi connectivity index (χ4n) is 1.66. The number of nitrogens with two attached hydrogens (primary N) is 1. The zero-order valence-electron chi connectivity index (χ0n) is 11.0. The highest BCUT2D eigenvalue weighted by molar-refractivity contribution is 7.89. The van der Waals surface area contributed by atoms with Gasteiger partial charge in [-0.25, -0.2) is 8.42 Å². The molecule has 20 heavy (non-hydrogen) atoms. The number of hydrogen-bond acceptors (Lipinski definition) is 5. The molecule has 0 atom stereocenters. The van der Waals surface area contributed by atoms with Crippen LogP contribution in [0.4, 0.5) is 0 Å². The Bertz CT molecular complexity index is 584. The number of aliphatic hydroxyl groups excluding tert-OH is 2. The van der Waals surface area contributed by atoms with Crippen LogP contribution in [0.1, 0.15) is 5.56 Å². The van der Waals surface area contributed by atoms with Gasteiger partial charge in [-0.15, -0.1) is 0 Å². The minimum atomic E-state index is -3.82. The van der Waals surface area contributed by atoms with Crippen molar-refractivity contribution in [3.05, 3.63) is 29.8 Å². The van der Waals surface area contributed by atoms with Gasteiger partial charge in [0.1, 0.15) is 0 Å². The third-order valence-corrected chi connectivity index (χ3v) is 4.49. The Labute approximate surface area is 118 Å². The predicted molar refractivity (Wildman–Crippen MR) is 75.3 cm³/mol. The highest BCUT2D eigenvalue weighted by Crippen LogP contribution is 2.19. The maximum atomic E-state index is 12.5. The molecule has 6 nitrogen and oxygen atoms in total. The molecule has 0 aromatic heterocycles. The third-order valence-electron chi connectivity index (χ3n) is 2.53. The van der Waals surface area contributed by atoms with Crippen LogP contribution in [0.3, 0.4) is 0 Å². The molecule has 0 heterocycles. The molecule has 0 bridgehead atoms. The molecular weight excluding hydrogens is 280 g/mol. The van der Waals surface area contributed by atoms with E-state index in [1.54, 1.807) is 18.2 Å². The largest absolute Gasteiger partial charge is 0.395 e. The zero-order chi connectivity index (χ0) is 15.0. The summed E-state index contributed by atoms with van der Waals surface area (Å²) in [7, 11) is -3.82. The number of hydrogen-bond donors (Lipinski definition) is 3. The summed E-state index contributed by atoms with van der Waals surface area (Å²) < 4.78 is 26.0. The highest BCUT2D eigenvalue weighted by Gasteiger charge is 2.25. The molecule has 0 aliphatic carbocycles. The van der Waals surface area contributed by atoms with Gasteiger partial charge < -0.3 is 15.9 Å². The Hall–Kier alpha value is -1.43. The minimum absolute atomic E-state index is 0.0443. The smallest absolute Gasteiger partial charge is 0.244 e. The van der Waals surface area contributed by atoms with Gasteiger partial charge in [0.2, 0.25) is 10.0 Å². The second-order valence-corrected chi connectivity index (χ2v) is 5.76. The first-order valence-corrected chi connectivity index (χ1v) is 7.51. The third kappa shape index (κ3) is 4.03. The second kappa shape index (κ2) is 7.99. The minimum Gasteiger partial charge on any atom is -0.395 e. The second-order valence-electron chi connectivity index (χ2n) is 3.85. The Morgan fingerprint density at radius 3 is 2.30 bits per heavy atom. The lowest BCUT2D eigenvalue weighted by molar-refractivity contribution is 0.217. The molecule has 0 spiro atoms. The normalized spacial score (nSPS) is 11.2. The Kier molecular flexibility index (Phi) is 6.64. The molecule has 0 unspecified atom stereocenters. The van der Waals surface area contributed by atoms with E-state index in [2.05, 4.69) is 11.8 Å². The molecule has 7 heteroatoms. The standard InChI is InChI=1S/C13H18N2O4S/c14-7-3-5-12-4-1-2-6-13(12)20(18,19)15(8-10-16)9-11-17/h1-2,4,6,16-17H,7-11,14H2. The summed E-state index contributed by atoms with van der Waals surface area (Å²) in [6.45, 7) is -0.680. The first-order chi connectivity index (χ1) is 9.57. The number of aliphatic hydroxyl groups is 2. The zero-order valence-corrected chi connectivity index (χ0v) is 11.8. The number of sulfonamides is 1. The van der Waals surface area contributed by atoms with Crippen LogP contribution in [-0.2, 0) is 10.0 Å². The quantitative estimate of drug-likeness (QED) is 0.583. The van der Waals surface area contributed by atoms with Gasteiger partial charge in [-0.3, -0.25) is 0 Å². The van der Waals surface area contributed by atoms with Crippen LogP contribution in [0.25, 0.3) is 0 Å². The van der Waals surface area contributed by atoms with Crippen molar-refractivity contribution in [3.63, 3.8) is 0 Å². The van der Waals surface area contributed by atoms with Crippen molar-refractivity contribution in [1.82, 2.24) is 4.31 Å². The van der Waals surface area contributed by atoms with Crippen LogP contribution in [0.15, 0.2) is 29.2 Å². The van der Waals surface area contributed by atoms with Gasteiger partial charge >= 0.3 is 0 Å². The van der Waals surface area contributed by atoms with Gasteiger partial charge in [0.15, 0.2) is 0 Å². The van der Waals surface area contributed by atoms with Gasteiger partial charge in [0.25, 0.3) is 0 Å². The maximum absolute atomic E-state index is 12.5. The molecule has 0 fully saturated rings.